The van der Waals surface area contributed by atoms with E-state index in [9.17, 15) is 14.4 Å². The average molecular weight is 509 g/mol. The largest absolute Gasteiger partial charge is 0.478 e. The number of benzene rings is 2. The van der Waals surface area contributed by atoms with Crippen molar-refractivity contribution in [2.45, 2.75) is 37.8 Å². The van der Waals surface area contributed by atoms with Crippen LogP contribution in [0.15, 0.2) is 74.5 Å². The number of fused-ring (bicyclic) bond motifs is 1. The highest BCUT2D eigenvalue weighted by Gasteiger charge is 2.33. The SMILES string of the molecule is CSc1ccc([C@H]2C(C(=O)OC(C)C)=C(C)N=c3s/c(=C\c4ccc(C(=O)O)cc4)c(=O)n32)cc1. The first-order valence-corrected chi connectivity index (χ1v) is 12.9. The van der Waals surface area contributed by atoms with Crippen molar-refractivity contribution >= 4 is 41.1 Å². The van der Waals surface area contributed by atoms with Crippen LogP contribution in [0.3, 0.4) is 0 Å². The zero-order valence-corrected chi connectivity index (χ0v) is 21.3. The normalized spacial score (nSPS) is 15.7. The van der Waals surface area contributed by atoms with Crippen LogP contribution in [0.2, 0.25) is 0 Å². The molecule has 2 heterocycles. The van der Waals surface area contributed by atoms with E-state index in [2.05, 4.69) is 4.99 Å². The number of allylic oxidation sites excluding steroid dienone is 1. The molecule has 0 amide bonds. The number of nitrogens with zero attached hydrogens (tertiary/aromatic N) is 2. The number of rotatable bonds is 6. The van der Waals surface area contributed by atoms with E-state index < -0.39 is 18.0 Å². The molecule has 1 aromatic heterocycles. The van der Waals surface area contributed by atoms with Gasteiger partial charge in [-0.3, -0.25) is 9.36 Å². The summed E-state index contributed by atoms with van der Waals surface area (Å²) < 4.78 is 7.49. The molecule has 0 radical (unpaired) electrons. The number of thiazole rings is 1. The van der Waals surface area contributed by atoms with Gasteiger partial charge in [0, 0.05) is 4.90 Å². The van der Waals surface area contributed by atoms with Crippen molar-refractivity contribution in [3.8, 4) is 0 Å². The van der Waals surface area contributed by atoms with Gasteiger partial charge in [-0.1, -0.05) is 35.6 Å². The van der Waals surface area contributed by atoms with Gasteiger partial charge >= 0.3 is 11.9 Å². The molecule has 0 spiro atoms. The molecule has 0 fully saturated rings. The number of carbonyl (C=O) groups excluding carboxylic acids is 1. The van der Waals surface area contributed by atoms with Gasteiger partial charge in [0.25, 0.3) is 5.56 Å². The summed E-state index contributed by atoms with van der Waals surface area (Å²) >= 11 is 2.83. The lowest BCUT2D eigenvalue weighted by atomic mass is 9.96. The van der Waals surface area contributed by atoms with Crippen LogP contribution in [0.25, 0.3) is 6.08 Å². The molecule has 3 aromatic rings. The highest BCUT2D eigenvalue weighted by atomic mass is 32.2. The Morgan fingerprint density at radius 1 is 1.14 bits per heavy atom. The van der Waals surface area contributed by atoms with E-state index in [0.717, 1.165) is 10.5 Å². The van der Waals surface area contributed by atoms with Crippen molar-refractivity contribution in [1.29, 1.82) is 0 Å². The van der Waals surface area contributed by atoms with Gasteiger partial charge in [0.05, 0.1) is 33.5 Å². The molecule has 1 N–H and O–H groups in total. The van der Waals surface area contributed by atoms with E-state index in [-0.39, 0.29) is 17.2 Å². The Labute approximate surface area is 210 Å². The van der Waals surface area contributed by atoms with Crippen LogP contribution in [-0.4, -0.2) is 34.0 Å². The summed E-state index contributed by atoms with van der Waals surface area (Å²) in [4.78, 5) is 44.0. The molecule has 9 heteroatoms. The third kappa shape index (κ3) is 5.01. The van der Waals surface area contributed by atoms with Crippen molar-refractivity contribution in [3.63, 3.8) is 0 Å². The number of hydrogen-bond acceptors (Lipinski definition) is 7. The van der Waals surface area contributed by atoms with Crippen LogP contribution in [-0.2, 0) is 9.53 Å². The maximum atomic E-state index is 13.6. The second-order valence-electron chi connectivity index (χ2n) is 8.24. The molecule has 0 bridgehead atoms. The van der Waals surface area contributed by atoms with Gasteiger partial charge in [0.2, 0.25) is 0 Å². The molecule has 0 saturated heterocycles. The van der Waals surface area contributed by atoms with Gasteiger partial charge in [-0.05, 0) is 68.5 Å². The molecule has 1 aliphatic heterocycles. The third-order valence-electron chi connectivity index (χ3n) is 5.47. The molecule has 0 unspecified atom stereocenters. The van der Waals surface area contributed by atoms with E-state index in [1.807, 2.05) is 30.5 Å². The first-order valence-electron chi connectivity index (χ1n) is 10.9. The van der Waals surface area contributed by atoms with E-state index >= 15 is 0 Å². The maximum Gasteiger partial charge on any atom is 0.338 e. The second kappa shape index (κ2) is 10.1. The standard InChI is InChI=1S/C26H24N2O5S2/c1-14(2)33-25(32)21-15(3)27-26-28(22(21)17-9-11-19(34-4)12-10-17)23(29)20(35-26)13-16-5-7-18(8-6-16)24(30)31/h5-14,22H,1-4H3,(H,30,31)/b20-13-/t22-/m0/s1. The predicted octanol–water partition coefficient (Wildman–Crippen LogP) is 3.61. The average Bonchev–Trinajstić information content (AvgIpc) is 3.12. The zero-order chi connectivity index (χ0) is 25.3. The second-order valence-corrected chi connectivity index (χ2v) is 10.1. The molecule has 0 saturated carbocycles. The summed E-state index contributed by atoms with van der Waals surface area (Å²) in [6.07, 6.45) is 3.37. The van der Waals surface area contributed by atoms with E-state index in [1.54, 1.807) is 55.3 Å². The number of carboxylic acids is 1. The van der Waals surface area contributed by atoms with Gasteiger partial charge in [0.15, 0.2) is 4.80 Å². The van der Waals surface area contributed by atoms with E-state index in [1.165, 1.54) is 23.5 Å². The van der Waals surface area contributed by atoms with E-state index in [0.29, 0.717) is 26.2 Å². The molecule has 1 aliphatic rings. The van der Waals surface area contributed by atoms with Crippen molar-refractivity contribution in [1.82, 2.24) is 4.57 Å². The lowest BCUT2D eigenvalue weighted by Crippen LogP contribution is -2.40. The number of esters is 1. The first kappa shape index (κ1) is 24.7. The molecule has 4 rings (SSSR count). The quantitative estimate of drug-likeness (QED) is 0.404. The van der Waals surface area contributed by atoms with Gasteiger partial charge in [-0.15, -0.1) is 11.8 Å². The van der Waals surface area contributed by atoms with Crippen LogP contribution in [0.5, 0.6) is 0 Å². The zero-order valence-electron chi connectivity index (χ0n) is 19.6. The predicted molar refractivity (Wildman–Crippen MR) is 137 cm³/mol. The Bertz CT molecular complexity index is 1500. The molecule has 2 aromatic carbocycles. The Kier molecular flexibility index (Phi) is 7.09. The molecule has 1 atom stereocenters. The minimum atomic E-state index is -1.01. The summed E-state index contributed by atoms with van der Waals surface area (Å²) in [7, 11) is 0. The number of ether oxygens (including phenoxy) is 1. The lowest BCUT2D eigenvalue weighted by molar-refractivity contribution is -0.143. The number of hydrogen-bond donors (Lipinski definition) is 1. The fraction of sp³-hybridized carbons (Fsp3) is 0.231. The Morgan fingerprint density at radius 2 is 1.80 bits per heavy atom. The van der Waals surface area contributed by atoms with Gasteiger partial charge in [-0.2, -0.15) is 0 Å². The van der Waals surface area contributed by atoms with Gasteiger partial charge in [0.1, 0.15) is 0 Å². The highest BCUT2D eigenvalue weighted by molar-refractivity contribution is 7.98. The van der Waals surface area contributed by atoms with Crippen LogP contribution >= 0.6 is 23.1 Å². The maximum absolute atomic E-state index is 13.6. The topological polar surface area (TPSA) is 98.0 Å². The minimum Gasteiger partial charge on any atom is -0.478 e. The van der Waals surface area contributed by atoms with Crippen LogP contribution in [0, 0.1) is 0 Å². The molecule has 180 valence electrons. The number of thioether (sulfide) groups is 1. The van der Waals surface area contributed by atoms with Crippen molar-refractivity contribution in [3.05, 3.63) is 96.2 Å². The molecule has 35 heavy (non-hydrogen) atoms. The number of carboxylic acid groups (broad SMARTS) is 1. The number of aromatic nitrogens is 1. The molecule has 7 nitrogen and oxygen atoms in total. The van der Waals surface area contributed by atoms with Crippen molar-refractivity contribution < 1.29 is 19.4 Å². The Morgan fingerprint density at radius 3 is 2.37 bits per heavy atom. The monoisotopic (exact) mass is 508 g/mol. The van der Waals surface area contributed by atoms with Crippen LogP contribution in [0.1, 0.15) is 48.3 Å². The number of aromatic carboxylic acids is 1. The third-order valence-corrected chi connectivity index (χ3v) is 7.20. The molecular formula is C26H24N2O5S2. The molecular weight excluding hydrogens is 484 g/mol. The summed E-state index contributed by atoms with van der Waals surface area (Å²) in [5.74, 6) is -1.52. The van der Waals surface area contributed by atoms with Gasteiger partial charge in [-0.25, -0.2) is 14.6 Å². The van der Waals surface area contributed by atoms with E-state index in [4.69, 9.17) is 9.84 Å². The Balaban J connectivity index is 1.89. The smallest absolute Gasteiger partial charge is 0.338 e. The van der Waals surface area contributed by atoms with Gasteiger partial charge < -0.3 is 9.84 Å². The Hall–Kier alpha value is -3.43. The van der Waals surface area contributed by atoms with Crippen LogP contribution in [0.4, 0.5) is 0 Å². The van der Waals surface area contributed by atoms with Crippen molar-refractivity contribution in [2.75, 3.05) is 6.26 Å². The molecule has 0 aliphatic carbocycles. The first-order chi connectivity index (χ1) is 16.7. The summed E-state index contributed by atoms with van der Waals surface area (Å²) in [5.41, 5.74) is 2.20. The number of carbonyl (C=O) groups is 2. The minimum absolute atomic E-state index is 0.168. The summed E-state index contributed by atoms with van der Waals surface area (Å²) in [6, 6.07) is 13.4. The fourth-order valence-electron chi connectivity index (χ4n) is 3.84. The fourth-order valence-corrected chi connectivity index (χ4v) is 5.29. The summed E-state index contributed by atoms with van der Waals surface area (Å²) in [6.45, 7) is 5.31. The highest BCUT2D eigenvalue weighted by Crippen LogP contribution is 2.32. The van der Waals surface area contributed by atoms with Crippen LogP contribution < -0.4 is 14.9 Å². The lowest BCUT2D eigenvalue weighted by Gasteiger charge is -2.25. The summed E-state index contributed by atoms with van der Waals surface area (Å²) in [5, 5.41) is 9.12. The van der Waals surface area contributed by atoms with Crippen molar-refractivity contribution in [2.24, 2.45) is 4.99 Å².